The number of aryl methyl sites for hydroxylation is 1. The van der Waals surface area contributed by atoms with Crippen LogP contribution in [0.25, 0.3) is 0 Å². The lowest BCUT2D eigenvalue weighted by Gasteiger charge is -2.37. The first-order chi connectivity index (χ1) is 10.2. The molecule has 1 aromatic rings. The summed E-state index contributed by atoms with van der Waals surface area (Å²) in [6, 6.07) is 2.43. The van der Waals surface area contributed by atoms with Gasteiger partial charge in [0.1, 0.15) is 0 Å². The normalized spacial score (nSPS) is 24.3. The molecule has 3 nitrogen and oxygen atoms in total. The first-order valence-electron chi connectivity index (χ1n) is 8.27. The van der Waals surface area contributed by atoms with Crippen molar-refractivity contribution in [1.82, 2.24) is 10.6 Å². The third kappa shape index (κ3) is 3.32. The molecule has 0 spiro atoms. The minimum atomic E-state index is 0.0362. The quantitative estimate of drug-likeness (QED) is 0.893. The number of nitrogens with one attached hydrogen (secondary N) is 2. The highest BCUT2D eigenvalue weighted by Gasteiger charge is 2.33. The summed E-state index contributed by atoms with van der Waals surface area (Å²) < 4.78 is 0. The van der Waals surface area contributed by atoms with E-state index < -0.39 is 0 Å². The molecule has 0 radical (unpaired) electrons. The first kappa shape index (κ1) is 15.0. The molecule has 0 saturated heterocycles. The second-order valence-electron chi connectivity index (χ2n) is 6.58. The molecule has 1 fully saturated rings. The Bertz CT molecular complexity index is 491. The Morgan fingerprint density at radius 3 is 2.90 bits per heavy atom. The molecule has 0 bridgehead atoms. The molecule has 0 aliphatic heterocycles. The minimum Gasteiger partial charge on any atom is -0.349 e. The number of amides is 1. The summed E-state index contributed by atoms with van der Waals surface area (Å²) in [7, 11) is 2.01. The maximum Gasteiger partial charge on any atom is 0.222 e. The van der Waals surface area contributed by atoms with Crippen molar-refractivity contribution in [3.8, 4) is 0 Å². The molecule has 2 N–H and O–H groups in total. The van der Waals surface area contributed by atoms with Crippen molar-refractivity contribution < 1.29 is 4.79 Å². The van der Waals surface area contributed by atoms with Crippen LogP contribution < -0.4 is 10.6 Å². The van der Waals surface area contributed by atoms with Gasteiger partial charge in [-0.05, 0) is 56.2 Å². The van der Waals surface area contributed by atoms with Gasteiger partial charge in [0, 0.05) is 16.8 Å². The molecule has 2 aliphatic carbocycles. The molecule has 1 atom stereocenters. The largest absolute Gasteiger partial charge is 0.349 e. The number of thiophene rings is 1. The molecule has 1 amide bonds. The van der Waals surface area contributed by atoms with Gasteiger partial charge in [0.25, 0.3) is 0 Å². The number of hydrogen-bond donors (Lipinski definition) is 2. The Morgan fingerprint density at radius 2 is 2.14 bits per heavy atom. The average Bonchev–Trinajstić information content (AvgIpc) is 2.98. The van der Waals surface area contributed by atoms with Crippen molar-refractivity contribution in [2.24, 2.45) is 0 Å². The molecule has 1 heterocycles. The standard InChI is InChI=1S/C17H26N2OS/c1-18-17(9-3-2-4-10-17)12-16(20)19-14-6-5-7-15-13(14)8-11-21-15/h8,11,14,18H,2-7,9-10,12H2,1H3,(H,19,20). The van der Waals surface area contributed by atoms with E-state index in [0.717, 1.165) is 19.3 Å². The van der Waals surface area contributed by atoms with Gasteiger partial charge in [-0.1, -0.05) is 19.3 Å². The van der Waals surface area contributed by atoms with E-state index in [4.69, 9.17) is 0 Å². The zero-order valence-electron chi connectivity index (χ0n) is 12.9. The van der Waals surface area contributed by atoms with Gasteiger partial charge in [0.05, 0.1) is 6.04 Å². The second kappa shape index (κ2) is 6.49. The van der Waals surface area contributed by atoms with Crippen LogP contribution in [-0.2, 0) is 11.2 Å². The van der Waals surface area contributed by atoms with Gasteiger partial charge < -0.3 is 10.6 Å². The monoisotopic (exact) mass is 306 g/mol. The lowest BCUT2D eigenvalue weighted by molar-refractivity contribution is -0.123. The van der Waals surface area contributed by atoms with E-state index in [2.05, 4.69) is 22.1 Å². The Hall–Kier alpha value is -0.870. The van der Waals surface area contributed by atoms with E-state index >= 15 is 0 Å². The van der Waals surface area contributed by atoms with Crippen molar-refractivity contribution in [1.29, 1.82) is 0 Å². The van der Waals surface area contributed by atoms with E-state index in [1.807, 2.05) is 18.4 Å². The van der Waals surface area contributed by atoms with Gasteiger partial charge in [-0.15, -0.1) is 11.3 Å². The highest BCUT2D eigenvalue weighted by molar-refractivity contribution is 7.10. The first-order valence-corrected chi connectivity index (χ1v) is 9.15. The summed E-state index contributed by atoms with van der Waals surface area (Å²) in [6.07, 6.45) is 10.1. The minimum absolute atomic E-state index is 0.0362. The fourth-order valence-corrected chi connectivity index (χ4v) is 4.92. The fourth-order valence-electron chi connectivity index (χ4n) is 3.93. The van der Waals surface area contributed by atoms with Crippen molar-refractivity contribution in [2.45, 2.75) is 69.4 Å². The lowest BCUT2D eigenvalue weighted by atomic mass is 9.79. The molecule has 1 aromatic heterocycles. The van der Waals surface area contributed by atoms with E-state index in [-0.39, 0.29) is 17.5 Å². The van der Waals surface area contributed by atoms with Gasteiger partial charge in [-0.25, -0.2) is 0 Å². The summed E-state index contributed by atoms with van der Waals surface area (Å²) in [5, 5.41) is 8.89. The van der Waals surface area contributed by atoms with Crippen molar-refractivity contribution >= 4 is 17.2 Å². The van der Waals surface area contributed by atoms with E-state index in [0.29, 0.717) is 6.42 Å². The van der Waals surface area contributed by atoms with Crippen LogP contribution in [0.15, 0.2) is 11.4 Å². The smallest absolute Gasteiger partial charge is 0.222 e. The van der Waals surface area contributed by atoms with Crippen LogP contribution in [0, 0.1) is 0 Å². The zero-order chi connectivity index (χ0) is 14.7. The molecule has 3 rings (SSSR count). The van der Waals surface area contributed by atoms with E-state index in [1.165, 1.54) is 42.5 Å². The summed E-state index contributed by atoms with van der Waals surface area (Å²) in [4.78, 5) is 14.0. The Morgan fingerprint density at radius 1 is 1.33 bits per heavy atom. The highest BCUT2D eigenvalue weighted by atomic mass is 32.1. The molecule has 1 saturated carbocycles. The molecule has 21 heavy (non-hydrogen) atoms. The van der Waals surface area contributed by atoms with Crippen molar-refractivity contribution in [3.63, 3.8) is 0 Å². The van der Waals surface area contributed by atoms with Gasteiger partial charge in [0.2, 0.25) is 5.91 Å². The predicted molar refractivity (Wildman–Crippen MR) is 87.6 cm³/mol. The molecule has 1 unspecified atom stereocenters. The van der Waals surface area contributed by atoms with Gasteiger partial charge >= 0.3 is 0 Å². The number of hydrogen-bond acceptors (Lipinski definition) is 3. The third-order valence-corrected chi connectivity index (χ3v) is 6.22. The summed E-state index contributed by atoms with van der Waals surface area (Å²) in [6.45, 7) is 0. The van der Waals surface area contributed by atoms with Crippen LogP contribution >= 0.6 is 11.3 Å². The van der Waals surface area contributed by atoms with E-state index in [9.17, 15) is 4.79 Å². The van der Waals surface area contributed by atoms with Crippen LogP contribution in [-0.4, -0.2) is 18.5 Å². The third-order valence-electron chi connectivity index (χ3n) is 5.23. The van der Waals surface area contributed by atoms with Crippen LogP contribution in [0.2, 0.25) is 0 Å². The molecule has 4 heteroatoms. The Kier molecular flexibility index (Phi) is 4.65. The molecule has 2 aliphatic rings. The van der Waals surface area contributed by atoms with E-state index in [1.54, 1.807) is 0 Å². The number of carbonyl (C=O) groups excluding carboxylic acids is 1. The summed E-state index contributed by atoms with van der Waals surface area (Å²) >= 11 is 1.83. The van der Waals surface area contributed by atoms with Crippen LogP contribution in [0.4, 0.5) is 0 Å². The second-order valence-corrected chi connectivity index (χ2v) is 7.58. The number of fused-ring (bicyclic) bond motifs is 1. The van der Waals surface area contributed by atoms with Crippen LogP contribution in [0.3, 0.4) is 0 Å². The zero-order valence-corrected chi connectivity index (χ0v) is 13.7. The lowest BCUT2D eigenvalue weighted by Crippen LogP contribution is -2.48. The average molecular weight is 306 g/mol. The SMILES string of the molecule is CNC1(CC(=O)NC2CCCc3sccc32)CCCCC1. The highest BCUT2D eigenvalue weighted by Crippen LogP contribution is 2.34. The molecule has 0 aromatic carbocycles. The van der Waals surface area contributed by atoms with Crippen molar-refractivity contribution in [3.05, 3.63) is 21.9 Å². The number of rotatable bonds is 4. The maximum atomic E-state index is 12.5. The number of carbonyl (C=O) groups is 1. The topological polar surface area (TPSA) is 41.1 Å². The molecular formula is C17H26N2OS. The maximum absolute atomic E-state index is 12.5. The van der Waals surface area contributed by atoms with Gasteiger partial charge in [-0.3, -0.25) is 4.79 Å². The fraction of sp³-hybridized carbons (Fsp3) is 0.706. The Labute approximate surface area is 131 Å². The predicted octanol–water partition coefficient (Wildman–Crippen LogP) is 3.55. The van der Waals surface area contributed by atoms with Crippen LogP contribution in [0.5, 0.6) is 0 Å². The van der Waals surface area contributed by atoms with Gasteiger partial charge in [-0.2, -0.15) is 0 Å². The molecular weight excluding hydrogens is 280 g/mol. The van der Waals surface area contributed by atoms with Crippen molar-refractivity contribution in [2.75, 3.05) is 7.05 Å². The van der Waals surface area contributed by atoms with Crippen LogP contribution in [0.1, 0.15) is 67.8 Å². The Balaban J connectivity index is 1.62. The molecule has 116 valence electrons. The summed E-state index contributed by atoms with van der Waals surface area (Å²) in [5.74, 6) is 0.218. The summed E-state index contributed by atoms with van der Waals surface area (Å²) in [5.41, 5.74) is 1.40. The van der Waals surface area contributed by atoms with Gasteiger partial charge in [0.15, 0.2) is 0 Å².